The zero-order valence-electron chi connectivity index (χ0n) is 12.2. The predicted molar refractivity (Wildman–Crippen MR) is 93.4 cm³/mol. The summed E-state index contributed by atoms with van der Waals surface area (Å²) < 4.78 is 14.7. The number of halogens is 2. The summed E-state index contributed by atoms with van der Waals surface area (Å²) in [4.78, 5) is 2.65. The second-order valence-corrected chi connectivity index (χ2v) is 6.65. The van der Waals surface area contributed by atoms with E-state index in [-0.39, 0.29) is 10.8 Å². The maximum atomic E-state index is 14.3. The maximum Gasteiger partial charge on any atom is 0.161 e. The van der Waals surface area contributed by atoms with Crippen LogP contribution < -0.4 is 11.1 Å². The Morgan fingerprint density at radius 3 is 2.71 bits per heavy atom. The minimum atomic E-state index is -0.323. The van der Waals surface area contributed by atoms with E-state index < -0.39 is 0 Å². The third-order valence-corrected chi connectivity index (χ3v) is 4.83. The van der Waals surface area contributed by atoms with Gasteiger partial charge >= 0.3 is 0 Å². The van der Waals surface area contributed by atoms with Crippen molar-refractivity contribution in [1.82, 2.24) is 4.90 Å². The van der Waals surface area contributed by atoms with Crippen molar-refractivity contribution in [1.29, 1.82) is 0 Å². The largest absolute Gasteiger partial charge is 0.389 e. The first-order valence-corrected chi connectivity index (χ1v) is 8.49. The zero-order valence-corrected chi connectivity index (χ0v) is 14.6. The average molecular weight is 374 g/mol. The van der Waals surface area contributed by atoms with E-state index in [0.29, 0.717) is 21.8 Å². The molecule has 0 aromatic heterocycles. The van der Waals surface area contributed by atoms with Gasteiger partial charge < -0.3 is 16.0 Å². The molecule has 0 atom stereocenters. The van der Waals surface area contributed by atoms with E-state index in [2.05, 4.69) is 33.1 Å². The molecule has 0 amide bonds. The second-order valence-electron chi connectivity index (χ2n) is 5.41. The first-order valence-electron chi connectivity index (χ1n) is 7.29. The quantitative estimate of drug-likeness (QED) is 0.774. The standard InChI is InChI=1S/C15H21BrFN3S/c1-2-7-20-8-5-10(6-9-20)19-12-4-3-11(15(18)21)13(16)14(12)17/h3-4,10,19H,2,5-9H2,1H3,(H2,18,21). The number of nitrogens with one attached hydrogen (secondary N) is 1. The minimum Gasteiger partial charge on any atom is -0.389 e. The summed E-state index contributed by atoms with van der Waals surface area (Å²) in [5.74, 6) is -0.323. The molecule has 1 fully saturated rings. The molecule has 0 aliphatic carbocycles. The highest BCUT2D eigenvalue weighted by molar-refractivity contribution is 9.10. The van der Waals surface area contributed by atoms with Crippen molar-refractivity contribution in [3.8, 4) is 0 Å². The smallest absolute Gasteiger partial charge is 0.161 e. The van der Waals surface area contributed by atoms with Crippen LogP contribution in [0.1, 0.15) is 31.7 Å². The number of likely N-dealkylation sites (tertiary alicyclic amines) is 1. The molecule has 0 unspecified atom stereocenters. The van der Waals surface area contributed by atoms with Gasteiger partial charge in [-0.05, 0) is 53.9 Å². The lowest BCUT2D eigenvalue weighted by atomic mass is 10.0. The van der Waals surface area contributed by atoms with Gasteiger partial charge in [-0.15, -0.1) is 0 Å². The average Bonchev–Trinajstić information content (AvgIpc) is 2.46. The fraction of sp³-hybridized carbons (Fsp3) is 0.533. The number of hydrogen-bond donors (Lipinski definition) is 2. The lowest BCUT2D eigenvalue weighted by molar-refractivity contribution is 0.219. The van der Waals surface area contributed by atoms with Crippen LogP contribution in [0, 0.1) is 5.82 Å². The van der Waals surface area contributed by atoms with Gasteiger partial charge in [0, 0.05) is 24.7 Å². The van der Waals surface area contributed by atoms with Gasteiger partial charge in [-0.2, -0.15) is 0 Å². The van der Waals surface area contributed by atoms with E-state index in [4.69, 9.17) is 18.0 Å². The third-order valence-electron chi connectivity index (χ3n) is 3.83. The van der Waals surface area contributed by atoms with E-state index >= 15 is 0 Å². The SMILES string of the molecule is CCCN1CCC(Nc2ccc(C(N)=S)c(Br)c2F)CC1. The van der Waals surface area contributed by atoms with Crippen LogP contribution in [0.5, 0.6) is 0 Å². The topological polar surface area (TPSA) is 41.3 Å². The van der Waals surface area contributed by atoms with Crippen LogP contribution in [-0.4, -0.2) is 35.6 Å². The van der Waals surface area contributed by atoms with Gasteiger partial charge in [0.1, 0.15) is 4.99 Å². The van der Waals surface area contributed by atoms with Crippen LogP contribution in [0.25, 0.3) is 0 Å². The molecular formula is C15H21BrFN3S. The minimum absolute atomic E-state index is 0.195. The first kappa shape index (κ1) is 16.6. The fourth-order valence-electron chi connectivity index (χ4n) is 2.69. The molecule has 1 aliphatic heterocycles. The van der Waals surface area contributed by atoms with E-state index in [1.54, 1.807) is 12.1 Å². The molecule has 3 nitrogen and oxygen atoms in total. The van der Waals surface area contributed by atoms with E-state index in [0.717, 1.165) is 32.5 Å². The molecule has 1 saturated heterocycles. The van der Waals surface area contributed by atoms with Gasteiger partial charge in [0.2, 0.25) is 0 Å². The van der Waals surface area contributed by atoms with Gasteiger partial charge in [-0.1, -0.05) is 19.1 Å². The molecule has 0 bridgehead atoms. The molecule has 1 heterocycles. The fourth-order valence-corrected chi connectivity index (χ4v) is 3.55. The van der Waals surface area contributed by atoms with Gasteiger partial charge in [0.25, 0.3) is 0 Å². The zero-order chi connectivity index (χ0) is 15.4. The lowest BCUT2D eigenvalue weighted by Crippen LogP contribution is -2.39. The molecule has 0 spiro atoms. The van der Waals surface area contributed by atoms with Crippen LogP contribution in [0.15, 0.2) is 16.6 Å². The Hall–Kier alpha value is -0.720. The third kappa shape index (κ3) is 4.14. The molecule has 0 saturated carbocycles. The number of rotatable bonds is 5. The van der Waals surface area contributed by atoms with Gasteiger partial charge in [0.05, 0.1) is 10.2 Å². The Bertz CT molecular complexity index is 516. The van der Waals surface area contributed by atoms with E-state index in [9.17, 15) is 4.39 Å². The number of nitrogens with two attached hydrogens (primary N) is 1. The molecule has 116 valence electrons. The first-order chi connectivity index (χ1) is 10.0. The molecule has 3 N–H and O–H groups in total. The number of benzene rings is 1. The Labute approximate surface area is 139 Å². The monoisotopic (exact) mass is 373 g/mol. The number of hydrogen-bond acceptors (Lipinski definition) is 3. The van der Waals surface area contributed by atoms with Gasteiger partial charge in [-0.3, -0.25) is 0 Å². The van der Waals surface area contributed by atoms with Crippen LogP contribution in [0.2, 0.25) is 0 Å². The summed E-state index contributed by atoms with van der Waals surface area (Å²) in [6.07, 6.45) is 3.25. The summed E-state index contributed by atoms with van der Waals surface area (Å²) >= 11 is 8.14. The summed E-state index contributed by atoms with van der Waals surface area (Å²) in [6.45, 7) is 5.48. The lowest BCUT2D eigenvalue weighted by Gasteiger charge is -2.32. The number of anilines is 1. The number of thiocarbonyl (C=S) groups is 1. The molecule has 2 rings (SSSR count). The maximum absolute atomic E-state index is 14.3. The number of piperidine rings is 1. The summed E-state index contributed by atoms with van der Waals surface area (Å²) in [6, 6.07) is 3.78. The summed E-state index contributed by atoms with van der Waals surface area (Å²) in [5, 5.41) is 3.30. The molecular weight excluding hydrogens is 353 g/mol. The van der Waals surface area contributed by atoms with Crippen molar-refractivity contribution in [3.05, 3.63) is 28.0 Å². The highest BCUT2D eigenvalue weighted by Gasteiger charge is 2.20. The Morgan fingerprint density at radius 1 is 1.48 bits per heavy atom. The van der Waals surface area contributed by atoms with Crippen LogP contribution in [0.4, 0.5) is 10.1 Å². The highest BCUT2D eigenvalue weighted by Crippen LogP contribution is 2.28. The van der Waals surface area contributed by atoms with Crippen molar-refractivity contribution >= 4 is 38.8 Å². The predicted octanol–water partition coefficient (Wildman–Crippen LogP) is 3.51. The van der Waals surface area contributed by atoms with Crippen LogP contribution in [0.3, 0.4) is 0 Å². The Balaban J connectivity index is 2.01. The van der Waals surface area contributed by atoms with Crippen molar-refractivity contribution in [2.24, 2.45) is 5.73 Å². The Morgan fingerprint density at radius 2 is 2.14 bits per heavy atom. The molecule has 21 heavy (non-hydrogen) atoms. The summed E-state index contributed by atoms with van der Waals surface area (Å²) in [5.41, 5.74) is 6.61. The van der Waals surface area contributed by atoms with Crippen molar-refractivity contribution in [3.63, 3.8) is 0 Å². The molecule has 1 aromatic carbocycles. The summed E-state index contributed by atoms with van der Waals surface area (Å²) in [7, 11) is 0. The van der Waals surface area contributed by atoms with E-state index in [1.165, 1.54) is 6.42 Å². The second kappa shape index (κ2) is 7.51. The Kier molecular flexibility index (Phi) is 5.96. The van der Waals surface area contributed by atoms with Crippen LogP contribution in [-0.2, 0) is 0 Å². The van der Waals surface area contributed by atoms with Crippen molar-refractivity contribution in [2.45, 2.75) is 32.2 Å². The van der Waals surface area contributed by atoms with E-state index in [1.807, 2.05) is 0 Å². The highest BCUT2D eigenvalue weighted by atomic mass is 79.9. The molecule has 1 aromatic rings. The number of nitrogens with zero attached hydrogens (tertiary/aromatic N) is 1. The normalized spacial score (nSPS) is 16.9. The molecule has 0 radical (unpaired) electrons. The van der Waals surface area contributed by atoms with Crippen molar-refractivity contribution < 1.29 is 4.39 Å². The van der Waals surface area contributed by atoms with Gasteiger partial charge in [0.15, 0.2) is 5.82 Å². The molecule has 6 heteroatoms. The van der Waals surface area contributed by atoms with Crippen LogP contribution >= 0.6 is 28.1 Å². The van der Waals surface area contributed by atoms with Gasteiger partial charge in [-0.25, -0.2) is 4.39 Å². The molecule has 1 aliphatic rings. The van der Waals surface area contributed by atoms with Crippen molar-refractivity contribution in [2.75, 3.05) is 25.0 Å².